The van der Waals surface area contributed by atoms with E-state index in [2.05, 4.69) is 14.5 Å². The molecule has 2 N–H and O–H groups in total. The van der Waals surface area contributed by atoms with E-state index in [0.717, 1.165) is 5.56 Å². The minimum atomic E-state index is -0.960. The van der Waals surface area contributed by atoms with Gasteiger partial charge in [-0.15, -0.1) is 0 Å². The number of amides is 1. The number of carboxylic acids is 1. The average molecular weight is 294 g/mol. The second kappa shape index (κ2) is 6.33. The summed E-state index contributed by atoms with van der Waals surface area (Å²) in [4.78, 5) is 25.3. The zero-order valence-electron chi connectivity index (χ0n) is 11.3. The Balaban J connectivity index is 2.21. The Bertz CT molecular complexity index is 494. The first-order valence-electron chi connectivity index (χ1n) is 6.59. The third-order valence-corrected chi connectivity index (χ3v) is 4.10. The smallest absolute Gasteiger partial charge is 0.326 e. The van der Waals surface area contributed by atoms with Crippen molar-refractivity contribution in [1.29, 1.82) is 0 Å². The number of likely N-dealkylation sites (tertiary alicyclic amines) is 1. The normalized spacial score (nSPS) is 23.9. The number of benzene rings is 1. The predicted molar refractivity (Wildman–Crippen MR) is 79.1 cm³/mol. The van der Waals surface area contributed by atoms with E-state index in [1.165, 1.54) is 4.90 Å². The van der Waals surface area contributed by atoms with Crippen LogP contribution in [0.1, 0.15) is 18.9 Å². The van der Waals surface area contributed by atoms with Crippen LogP contribution in [0, 0.1) is 0 Å². The van der Waals surface area contributed by atoms with Gasteiger partial charge in [-0.25, -0.2) is 4.79 Å². The third kappa shape index (κ3) is 3.00. The summed E-state index contributed by atoms with van der Waals surface area (Å²) in [5.41, 5.74) is 0.919. The Morgan fingerprint density at radius 3 is 2.65 bits per heavy atom. The van der Waals surface area contributed by atoms with Crippen LogP contribution < -0.4 is 5.09 Å². The minimum absolute atomic E-state index is 0.0784. The molecule has 108 valence electrons. The van der Waals surface area contributed by atoms with Gasteiger partial charge in [0.25, 0.3) is 0 Å². The van der Waals surface area contributed by atoms with Crippen molar-refractivity contribution in [1.82, 2.24) is 9.99 Å². The molecule has 1 saturated heterocycles. The van der Waals surface area contributed by atoms with E-state index in [-0.39, 0.29) is 18.0 Å². The molecule has 1 amide bonds. The monoisotopic (exact) mass is 294 g/mol. The third-order valence-electron chi connectivity index (χ3n) is 3.70. The van der Waals surface area contributed by atoms with E-state index >= 15 is 0 Å². The first kappa shape index (κ1) is 14.9. The van der Waals surface area contributed by atoms with Crippen molar-refractivity contribution < 1.29 is 14.7 Å². The van der Waals surface area contributed by atoms with Crippen molar-refractivity contribution >= 4 is 21.3 Å². The number of nitrogens with zero attached hydrogens (tertiary/aromatic N) is 1. The fourth-order valence-corrected chi connectivity index (χ4v) is 2.97. The molecule has 20 heavy (non-hydrogen) atoms. The highest BCUT2D eigenvalue weighted by atomic mass is 31.0. The fourth-order valence-electron chi connectivity index (χ4n) is 2.69. The number of hydrogen-bond acceptors (Lipinski definition) is 3. The van der Waals surface area contributed by atoms with E-state index in [0.29, 0.717) is 12.8 Å². The summed E-state index contributed by atoms with van der Waals surface area (Å²) in [6, 6.07) is 8.18. The summed E-state index contributed by atoms with van der Waals surface area (Å²) in [6.07, 6.45) is 0.955. The molecule has 1 heterocycles. The number of nitrogens with one attached hydrogen (secondary N) is 1. The van der Waals surface area contributed by atoms with Gasteiger partial charge in [-0.05, 0) is 18.9 Å². The van der Waals surface area contributed by atoms with Crippen LogP contribution in [-0.4, -0.2) is 40.0 Å². The molecule has 1 aliphatic heterocycles. The molecule has 4 atom stereocenters. The van der Waals surface area contributed by atoms with Crippen LogP contribution >= 0.6 is 9.39 Å². The largest absolute Gasteiger partial charge is 0.480 e. The lowest BCUT2D eigenvalue weighted by atomic mass is 10.0. The maximum atomic E-state index is 12.3. The van der Waals surface area contributed by atoms with Gasteiger partial charge in [0, 0.05) is 12.5 Å². The van der Waals surface area contributed by atoms with Crippen LogP contribution in [0.25, 0.3) is 0 Å². The van der Waals surface area contributed by atoms with Gasteiger partial charge >= 0.3 is 5.97 Å². The van der Waals surface area contributed by atoms with E-state index < -0.39 is 12.0 Å². The van der Waals surface area contributed by atoms with Crippen molar-refractivity contribution in [2.45, 2.75) is 37.9 Å². The molecule has 1 fully saturated rings. The zero-order valence-corrected chi connectivity index (χ0v) is 12.5. The second-order valence-corrected chi connectivity index (χ2v) is 5.43. The quantitative estimate of drug-likeness (QED) is 0.797. The molecule has 0 aromatic heterocycles. The molecule has 3 unspecified atom stereocenters. The molecule has 0 spiro atoms. The van der Waals surface area contributed by atoms with Crippen molar-refractivity contribution in [2.24, 2.45) is 0 Å². The van der Waals surface area contributed by atoms with Gasteiger partial charge < -0.3 is 10.0 Å². The van der Waals surface area contributed by atoms with Crippen LogP contribution in [0.5, 0.6) is 0 Å². The van der Waals surface area contributed by atoms with Crippen LogP contribution in [0.3, 0.4) is 0 Å². The van der Waals surface area contributed by atoms with Crippen molar-refractivity contribution in [2.75, 3.05) is 0 Å². The van der Waals surface area contributed by atoms with Crippen LogP contribution in [0.2, 0.25) is 0 Å². The highest BCUT2D eigenvalue weighted by Gasteiger charge is 2.42. The Morgan fingerprint density at radius 2 is 2.15 bits per heavy atom. The Kier molecular flexibility index (Phi) is 4.73. The maximum absolute atomic E-state index is 12.3. The fraction of sp³-hybridized carbons (Fsp3) is 0.429. The van der Waals surface area contributed by atoms with E-state index in [1.807, 2.05) is 37.3 Å². The SMILES string of the molecule is CC1CC(NP)C(=O)N1[C@@H](Cc1ccccc1)C(=O)O. The Morgan fingerprint density at radius 1 is 1.50 bits per heavy atom. The van der Waals surface area contributed by atoms with Crippen LogP contribution in [0.4, 0.5) is 0 Å². The second-order valence-electron chi connectivity index (χ2n) is 5.09. The number of rotatable bonds is 5. The standard InChI is InChI=1S/C14H19N2O3P/c1-9-7-11(15-20)13(17)16(9)12(14(18)19)8-10-5-3-2-4-6-10/h2-6,9,11-12,15H,7-8,20H2,1H3,(H,18,19)/t9?,11?,12-/m0/s1. The Labute approximate surface area is 120 Å². The number of aliphatic carboxylic acids is 1. The molecular weight excluding hydrogens is 275 g/mol. The number of carboxylic acid groups (broad SMARTS) is 1. The molecule has 5 nitrogen and oxygen atoms in total. The van der Waals surface area contributed by atoms with Crippen molar-refractivity contribution in [3.8, 4) is 0 Å². The van der Waals surface area contributed by atoms with E-state index in [9.17, 15) is 14.7 Å². The summed E-state index contributed by atoms with van der Waals surface area (Å²) in [6.45, 7) is 1.89. The van der Waals surface area contributed by atoms with E-state index in [4.69, 9.17) is 0 Å². The minimum Gasteiger partial charge on any atom is -0.480 e. The number of carbonyl (C=O) groups excluding carboxylic acids is 1. The molecule has 6 heteroatoms. The van der Waals surface area contributed by atoms with Crippen LogP contribution in [0.15, 0.2) is 30.3 Å². The lowest BCUT2D eigenvalue weighted by molar-refractivity contribution is -0.149. The first-order valence-corrected chi connectivity index (χ1v) is 7.17. The highest BCUT2D eigenvalue weighted by molar-refractivity contribution is 7.13. The van der Waals surface area contributed by atoms with Gasteiger partial charge in [0.2, 0.25) is 5.91 Å². The molecule has 0 saturated carbocycles. The van der Waals surface area contributed by atoms with Crippen molar-refractivity contribution in [3.05, 3.63) is 35.9 Å². The lowest BCUT2D eigenvalue weighted by Crippen LogP contribution is -2.48. The maximum Gasteiger partial charge on any atom is 0.326 e. The summed E-state index contributed by atoms with van der Waals surface area (Å²) in [5, 5.41) is 12.3. The highest BCUT2D eigenvalue weighted by Crippen LogP contribution is 2.24. The summed E-state index contributed by atoms with van der Waals surface area (Å²) >= 11 is 0. The molecule has 1 aromatic rings. The molecule has 0 bridgehead atoms. The topological polar surface area (TPSA) is 69.6 Å². The number of carbonyl (C=O) groups is 2. The Hall–Kier alpha value is -1.45. The van der Waals surface area contributed by atoms with Gasteiger partial charge in [-0.3, -0.25) is 9.88 Å². The molecule has 1 aliphatic rings. The van der Waals surface area contributed by atoms with Gasteiger partial charge in [-0.1, -0.05) is 39.7 Å². The first-order chi connectivity index (χ1) is 9.54. The molecule has 2 rings (SSSR count). The van der Waals surface area contributed by atoms with E-state index in [1.54, 1.807) is 0 Å². The predicted octanol–water partition coefficient (Wildman–Crippen LogP) is 1.05. The summed E-state index contributed by atoms with van der Waals surface area (Å²) in [5.74, 6) is -1.10. The summed E-state index contributed by atoms with van der Waals surface area (Å²) in [7, 11) is 2.33. The average Bonchev–Trinajstić information content (AvgIpc) is 2.72. The van der Waals surface area contributed by atoms with Crippen molar-refractivity contribution in [3.63, 3.8) is 0 Å². The molecule has 1 aromatic carbocycles. The van der Waals surface area contributed by atoms with Gasteiger partial charge in [0.15, 0.2) is 0 Å². The molecule has 0 aliphatic carbocycles. The summed E-state index contributed by atoms with van der Waals surface area (Å²) < 4.78 is 0. The van der Waals surface area contributed by atoms with Gasteiger partial charge in [-0.2, -0.15) is 0 Å². The number of hydrogen-bond donors (Lipinski definition) is 2. The molecule has 0 radical (unpaired) electrons. The van der Waals surface area contributed by atoms with Crippen LogP contribution in [-0.2, 0) is 16.0 Å². The van der Waals surface area contributed by atoms with Gasteiger partial charge in [0.05, 0.1) is 6.04 Å². The molecular formula is C14H19N2O3P. The lowest BCUT2D eigenvalue weighted by Gasteiger charge is -2.28. The zero-order chi connectivity index (χ0) is 14.7. The van der Waals surface area contributed by atoms with Gasteiger partial charge in [0.1, 0.15) is 6.04 Å².